The minimum atomic E-state index is 0.126. The van der Waals surface area contributed by atoms with Gasteiger partial charge in [-0.05, 0) is 30.5 Å². The highest BCUT2D eigenvalue weighted by atomic mass is 32.2. The first-order chi connectivity index (χ1) is 8.17. The normalized spacial score (nSPS) is 10.3. The Bertz CT molecular complexity index is 351. The molecule has 1 amide bonds. The highest BCUT2D eigenvalue weighted by Gasteiger charge is 2.07. The second-order valence-electron chi connectivity index (χ2n) is 3.88. The number of nitrogens with zero attached hydrogens (tertiary/aromatic N) is 1. The van der Waals surface area contributed by atoms with Gasteiger partial charge in [0.15, 0.2) is 0 Å². The molecule has 17 heavy (non-hydrogen) atoms. The lowest BCUT2D eigenvalue weighted by atomic mass is 10.2. The van der Waals surface area contributed by atoms with E-state index in [1.807, 2.05) is 14.0 Å². The summed E-state index contributed by atoms with van der Waals surface area (Å²) in [6, 6.07) is 8.32. The molecule has 0 fully saturated rings. The number of nitrogens with one attached hydrogen (secondary N) is 1. The topological polar surface area (TPSA) is 32.3 Å². The largest absolute Gasteiger partial charge is 0.340 e. The van der Waals surface area contributed by atoms with Crippen LogP contribution in [0.1, 0.15) is 12.5 Å². The number of hydrogen-bond acceptors (Lipinski definition) is 3. The molecule has 1 aromatic rings. The summed E-state index contributed by atoms with van der Waals surface area (Å²) in [6.07, 6.45) is 2.06. The zero-order valence-corrected chi connectivity index (χ0v) is 11.5. The maximum atomic E-state index is 11.7. The van der Waals surface area contributed by atoms with E-state index in [1.165, 1.54) is 4.90 Å². The van der Waals surface area contributed by atoms with E-state index in [9.17, 15) is 4.79 Å². The molecule has 1 aromatic carbocycles. The van der Waals surface area contributed by atoms with Gasteiger partial charge in [0, 0.05) is 18.5 Å². The van der Waals surface area contributed by atoms with E-state index in [2.05, 4.69) is 35.8 Å². The molecule has 0 saturated heterocycles. The second-order valence-corrected chi connectivity index (χ2v) is 4.76. The summed E-state index contributed by atoms with van der Waals surface area (Å²) in [7, 11) is 1.84. The number of rotatable bonds is 6. The average Bonchev–Trinajstić information content (AvgIpc) is 2.36. The number of carbonyl (C=O) groups is 1. The fraction of sp³-hybridized carbons (Fsp3) is 0.462. The van der Waals surface area contributed by atoms with Crippen molar-refractivity contribution in [1.29, 1.82) is 0 Å². The first-order valence-corrected chi connectivity index (χ1v) is 6.97. The van der Waals surface area contributed by atoms with Crippen LogP contribution in [0.5, 0.6) is 0 Å². The van der Waals surface area contributed by atoms with Crippen molar-refractivity contribution in [3.05, 3.63) is 29.8 Å². The summed E-state index contributed by atoms with van der Waals surface area (Å²) in [6.45, 7) is 3.89. The summed E-state index contributed by atoms with van der Waals surface area (Å²) in [5.74, 6) is 0.126. The van der Waals surface area contributed by atoms with Crippen LogP contribution in [0.2, 0.25) is 0 Å². The van der Waals surface area contributed by atoms with Crippen molar-refractivity contribution in [2.45, 2.75) is 18.4 Å². The van der Waals surface area contributed by atoms with Crippen LogP contribution in [0, 0.1) is 0 Å². The van der Waals surface area contributed by atoms with E-state index in [0.717, 1.165) is 12.1 Å². The van der Waals surface area contributed by atoms with Crippen molar-refractivity contribution in [3.63, 3.8) is 0 Å². The number of hydrogen-bond donors (Lipinski definition) is 1. The van der Waals surface area contributed by atoms with E-state index in [-0.39, 0.29) is 5.91 Å². The summed E-state index contributed by atoms with van der Waals surface area (Å²) in [4.78, 5) is 14.7. The molecule has 0 aliphatic rings. The lowest BCUT2D eigenvalue weighted by molar-refractivity contribution is -0.129. The molecular weight excluding hydrogens is 232 g/mol. The average molecular weight is 252 g/mol. The predicted molar refractivity (Wildman–Crippen MR) is 73.2 cm³/mol. The number of thioether (sulfide) groups is 1. The van der Waals surface area contributed by atoms with Crippen molar-refractivity contribution in [2.24, 2.45) is 0 Å². The van der Waals surface area contributed by atoms with Crippen molar-refractivity contribution in [3.8, 4) is 0 Å². The Balaban J connectivity index is 2.49. The van der Waals surface area contributed by atoms with Gasteiger partial charge in [-0.2, -0.15) is 0 Å². The van der Waals surface area contributed by atoms with Gasteiger partial charge in [0.05, 0.1) is 6.54 Å². The quantitative estimate of drug-likeness (QED) is 0.786. The zero-order chi connectivity index (χ0) is 12.7. The number of likely N-dealkylation sites (N-methyl/N-ethyl adjacent to an activating group) is 2. The van der Waals surface area contributed by atoms with Gasteiger partial charge in [-0.1, -0.05) is 19.1 Å². The van der Waals surface area contributed by atoms with Gasteiger partial charge in [0.2, 0.25) is 5.91 Å². The number of carbonyl (C=O) groups excluding carboxylic acids is 1. The maximum absolute atomic E-state index is 11.7. The Labute approximate surface area is 108 Å². The molecule has 0 aliphatic carbocycles. The van der Waals surface area contributed by atoms with Crippen LogP contribution >= 0.6 is 11.8 Å². The zero-order valence-electron chi connectivity index (χ0n) is 10.7. The molecule has 4 heteroatoms. The van der Waals surface area contributed by atoms with Gasteiger partial charge in [0.25, 0.3) is 0 Å². The van der Waals surface area contributed by atoms with Crippen LogP contribution in [0.15, 0.2) is 29.2 Å². The molecule has 0 spiro atoms. The fourth-order valence-electron chi connectivity index (χ4n) is 1.46. The standard InChI is InChI=1S/C13H20N2OS/c1-4-14-9-13(16)15(2)10-11-5-7-12(17-3)8-6-11/h5-8,14H,4,9-10H2,1-3H3. The van der Waals surface area contributed by atoms with Gasteiger partial charge in [-0.15, -0.1) is 11.8 Å². The molecule has 0 unspecified atom stereocenters. The summed E-state index contributed by atoms with van der Waals surface area (Å²) in [5.41, 5.74) is 1.16. The van der Waals surface area contributed by atoms with Crippen molar-refractivity contribution >= 4 is 17.7 Å². The minimum Gasteiger partial charge on any atom is -0.340 e. The smallest absolute Gasteiger partial charge is 0.236 e. The molecule has 0 saturated carbocycles. The monoisotopic (exact) mass is 252 g/mol. The highest BCUT2D eigenvalue weighted by molar-refractivity contribution is 7.98. The van der Waals surface area contributed by atoms with Gasteiger partial charge < -0.3 is 10.2 Å². The first-order valence-electron chi connectivity index (χ1n) is 5.75. The third-order valence-electron chi connectivity index (χ3n) is 2.53. The number of benzene rings is 1. The Hall–Kier alpha value is -1.00. The van der Waals surface area contributed by atoms with Crippen LogP contribution in [-0.4, -0.2) is 37.2 Å². The van der Waals surface area contributed by atoms with Gasteiger partial charge >= 0.3 is 0 Å². The predicted octanol–water partition coefficient (Wildman–Crippen LogP) is 1.98. The molecule has 0 atom stereocenters. The van der Waals surface area contributed by atoms with Gasteiger partial charge in [0.1, 0.15) is 0 Å². The van der Waals surface area contributed by atoms with E-state index >= 15 is 0 Å². The van der Waals surface area contributed by atoms with Crippen molar-refractivity contribution in [1.82, 2.24) is 10.2 Å². The van der Waals surface area contributed by atoms with E-state index < -0.39 is 0 Å². The summed E-state index contributed by atoms with van der Waals surface area (Å²) in [5, 5.41) is 3.04. The van der Waals surface area contributed by atoms with E-state index in [0.29, 0.717) is 13.1 Å². The molecule has 0 aliphatic heterocycles. The number of amides is 1. The Morgan fingerprint density at radius 3 is 2.53 bits per heavy atom. The lowest BCUT2D eigenvalue weighted by Crippen LogP contribution is -2.35. The van der Waals surface area contributed by atoms with Gasteiger partial charge in [-0.25, -0.2) is 0 Å². The molecule has 0 aromatic heterocycles. The summed E-state index contributed by atoms with van der Waals surface area (Å²) < 4.78 is 0. The molecule has 94 valence electrons. The van der Waals surface area contributed by atoms with Crippen LogP contribution in [0.4, 0.5) is 0 Å². The van der Waals surface area contributed by atoms with Crippen molar-refractivity contribution in [2.75, 3.05) is 26.4 Å². The third-order valence-corrected chi connectivity index (χ3v) is 3.27. The van der Waals surface area contributed by atoms with Gasteiger partial charge in [-0.3, -0.25) is 4.79 Å². The molecule has 0 heterocycles. The lowest BCUT2D eigenvalue weighted by Gasteiger charge is -2.17. The van der Waals surface area contributed by atoms with Crippen molar-refractivity contribution < 1.29 is 4.79 Å². The van der Waals surface area contributed by atoms with Crippen LogP contribution in [0.25, 0.3) is 0 Å². The first kappa shape index (κ1) is 14.1. The molecule has 1 N–H and O–H groups in total. The Morgan fingerprint density at radius 1 is 1.35 bits per heavy atom. The molecular formula is C13H20N2OS. The van der Waals surface area contributed by atoms with Crippen LogP contribution in [-0.2, 0) is 11.3 Å². The van der Waals surface area contributed by atoms with E-state index in [4.69, 9.17) is 0 Å². The van der Waals surface area contributed by atoms with Crippen LogP contribution in [0.3, 0.4) is 0 Å². The maximum Gasteiger partial charge on any atom is 0.236 e. The van der Waals surface area contributed by atoms with Crippen LogP contribution < -0.4 is 5.32 Å². The Morgan fingerprint density at radius 2 is 2.00 bits per heavy atom. The SMILES string of the molecule is CCNCC(=O)N(C)Cc1ccc(SC)cc1. The molecule has 0 bridgehead atoms. The fourth-order valence-corrected chi connectivity index (χ4v) is 1.87. The second kappa shape index (κ2) is 7.35. The molecule has 1 rings (SSSR count). The molecule has 3 nitrogen and oxygen atoms in total. The molecule has 0 radical (unpaired) electrons. The third kappa shape index (κ3) is 4.79. The Kier molecular flexibility index (Phi) is 6.08. The van der Waals surface area contributed by atoms with E-state index in [1.54, 1.807) is 16.7 Å². The summed E-state index contributed by atoms with van der Waals surface area (Å²) >= 11 is 1.72. The minimum absolute atomic E-state index is 0.126. The highest BCUT2D eigenvalue weighted by Crippen LogP contribution is 2.15.